The van der Waals surface area contributed by atoms with Gasteiger partial charge in [-0.05, 0) is 27.2 Å². The van der Waals surface area contributed by atoms with Crippen molar-refractivity contribution in [1.82, 2.24) is 19.2 Å². The molecular formula is C16H36IN5O5S2. The summed E-state index contributed by atoms with van der Waals surface area (Å²) in [7, 11) is -4.81. The molecule has 0 aromatic heterocycles. The third kappa shape index (κ3) is 11.1. The Kier molecular flexibility index (Phi) is 13.9. The summed E-state index contributed by atoms with van der Waals surface area (Å²) in [6.07, 6.45) is 0.640. The van der Waals surface area contributed by atoms with Gasteiger partial charge in [0.2, 0.25) is 20.0 Å². The molecule has 1 heterocycles. The molecule has 0 saturated carbocycles. The van der Waals surface area contributed by atoms with E-state index in [2.05, 4.69) is 15.0 Å². The molecule has 1 rings (SSSR count). The van der Waals surface area contributed by atoms with E-state index in [0.717, 1.165) is 0 Å². The summed E-state index contributed by atoms with van der Waals surface area (Å²) < 4.78 is 56.9. The van der Waals surface area contributed by atoms with E-state index in [-0.39, 0.29) is 48.2 Å². The predicted molar refractivity (Wildman–Crippen MR) is 127 cm³/mol. The van der Waals surface area contributed by atoms with Crippen LogP contribution in [0.2, 0.25) is 0 Å². The second-order valence-corrected chi connectivity index (χ2v) is 10.9. The predicted octanol–water partition coefficient (Wildman–Crippen LogP) is -0.118. The Morgan fingerprint density at radius 2 is 1.72 bits per heavy atom. The minimum Gasteiger partial charge on any atom is -0.378 e. The van der Waals surface area contributed by atoms with Gasteiger partial charge in [0.1, 0.15) is 0 Å². The van der Waals surface area contributed by atoms with Crippen LogP contribution < -0.4 is 10.0 Å². The lowest BCUT2D eigenvalue weighted by Gasteiger charge is -2.35. The normalized spacial score (nSPS) is 16.7. The summed E-state index contributed by atoms with van der Waals surface area (Å²) in [5, 5.41) is 3.20. The average Bonchev–Trinajstić information content (AvgIpc) is 2.64. The van der Waals surface area contributed by atoms with E-state index in [1.807, 2.05) is 18.7 Å². The van der Waals surface area contributed by atoms with Gasteiger partial charge >= 0.3 is 0 Å². The minimum absolute atomic E-state index is 0. The molecule has 29 heavy (non-hydrogen) atoms. The number of ether oxygens (including phenoxy) is 1. The fourth-order valence-electron chi connectivity index (χ4n) is 2.65. The maximum absolute atomic E-state index is 12.4. The molecule has 0 aliphatic carbocycles. The second-order valence-electron chi connectivity index (χ2n) is 6.75. The largest absolute Gasteiger partial charge is 0.378 e. The lowest BCUT2D eigenvalue weighted by atomic mass is 10.4. The zero-order valence-electron chi connectivity index (χ0n) is 17.8. The summed E-state index contributed by atoms with van der Waals surface area (Å²) in [5.74, 6) is 0.753. The monoisotopic (exact) mass is 569 g/mol. The lowest BCUT2D eigenvalue weighted by molar-refractivity contribution is 0.0904. The van der Waals surface area contributed by atoms with Crippen molar-refractivity contribution in [3.63, 3.8) is 0 Å². The van der Waals surface area contributed by atoms with Crippen LogP contribution in [0.3, 0.4) is 0 Å². The van der Waals surface area contributed by atoms with Crippen molar-refractivity contribution in [2.75, 3.05) is 64.4 Å². The number of sulfonamides is 2. The lowest BCUT2D eigenvalue weighted by Crippen LogP contribution is -2.54. The maximum atomic E-state index is 12.4. The van der Waals surface area contributed by atoms with E-state index < -0.39 is 20.0 Å². The van der Waals surface area contributed by atoms with Crippen LogP contribution in [0.5, 0.6) is 0 Å². The highest BCUT2D eigenvalue weighted by atomic mass is 127. The first kappa shape index (κ1) is 28.8. The highest BCUT2D eigenvalue weighted by Crippen LogP contribution is 2.09. The molecule has 10 nitrogen and oxygen atoms in total. The van der Waals surface area contributed by atoms with Gasteiger partial charge in [0, 0.05) is 46.3 Å². The first-order chi connectivity index (χ1) is 13.1. The molecule has 0 unspecified atom stereocenters. The van der Waals surface area contributed by atoms with E-state index in [9.17, 15) is 16.8 Å². The van der Waals surface area contributed by atoms with Crippen LogP contribution in [0.1, 0.15) is 27.2 Å². The second kappa shape index (κ2) is 14.0. The van der Waals surface area contributed by atoms with Crippen LogP contribution in [0.15, 0.2) is 4.99 Å². The quantitative estimate of drug-likeness (QED) is 0.154. The molecule has 0 spiro atoms. The zero-order valence-corrected chi connectivity index (χ0v) is 21.7. The highest BCUT2D eigenvalue weighted by Gasteiger charge is 2.27. The molecule has 0 aromatic rings. The molecule has 0 radical (unpaired) electrons. The number of halogens is 1. The van der Waals surface area contributed by atoms with E-state index in [0.29, 0.717) is 51.6 Å². The molecule has 0 bridgehead atoms. The van der Waals surface area contributed by atoms with Gasteiger partial charge in [-0.1, -0.05) is 0 Å². The summed E-state index contributed by atoms with van der Waals surface area (Å²) in [6, 6.07) is 0. The van der Waals surface area contributed by atoms with Crippen molar-refractivity contribution in [2.45, 2.75) is 33.3 Å². The van der Waals surface area contributed by atoms with E-state index in [1.165, 1.54) is 4.31 Å². The first-order valence-electron chi connectivity index (χ1n) is 9.63. The topological polar surface area (TPSA) is 120 Å². The summed E-state index contributed by atoms with van der Waals surface area (Å²) >= 11 is 0. The van der Waals surface area contributed by atoms with Gasteiger partial charge in [0.15, 0.2) is 5.96 Å². The molecule has 1 aliphatic rings. The van der Waals surface area contributed by atoms with Gasteiger partial charge in [0.05, 0.1) is 24.2 Å². The van der Waals surface area contributed by atoms with Crippen molar-refractivity contribution in [1.29, 1.82) is 0 Å². The van der Waals surface area contributed by atoms with Crippen LogP contribution in [0.4, 0.5) is 0 Å². The molecule has 0 aromatic carbocycles. The van der Waals surface area contributed by atoms with Crippen molar-refractivity contribution < 1.29 is 21.6 Å². The number of piperazine rings is 1. The fraction of sp³-hybridized carbons (Fsp3) is 0.938. The third-order valence-corrected chi connectivity index (χ3v) is 7.51. The number of guanidine groups is 1. The molecule has 174 valence electrons. The van der Waals surface area contributed by atoms with Gasteiger partial charge in [-0.15, -0.1) is 24.0 Å². The van der Waals surface area contributed by atoms with Crippen LogP contribution in [-0.2, 0) is 24.8 Å². The van der Waals surface area contributed by atoms with Crippen LogP contribution in [0.25, 0.3) is 0 Å². The van der Waals surface area contributed by atoms with Gasteiger partial charge in [-0.2, -0.15) is 4.31 Å². The Bertz CT molecular complexity index is 692. The Balaban J connectivity index is 0.00000784. The third-order valence-electron chi connectivity index (χ3n) is 4.27. The van der Waals surface area contributed by atoms with Crippen molar-refractivity contribution in [2.24, 2.45) is 4.99 Å². The zero-order chi connectivity index (χ0) is 21.2. The number of nitrogens with zero attached hydrogens (tertiary/aromatic N) is 3. The SMILES string of the molecule is CCS(=O)(=O)NCCCNC(=NC)N1CCN(S(=O)(=O)CCOC(C)C)CC1.I. The Hall–Kier alpha value is -0.220. The number of rotatable bonds is 11. The maximum Gasteiger partial charge on any atom is 0.216 e. The molecule has 1 aliphatic heterocycles. The first-order valence-corrected chi connectivity index (χ1v) is 12.9. The van der Waals surface area contributed by atoms with Crippen LogP contribution >= 0.6 is 24.0 Å². The van der Waals surface area contributed by atoms with Crippen LogP contribution in [0, 0.1) is 0 Å². The van der Waals surface area contributed by atoms with Gasteiger partial charge in [0.25, 0.3) is 0 Å². The Morgan fingerprint density at radius 1 is 1.10 bits per heavy atom. The molecule has 2 N–H and O–H groups in total. The van der Waals surface area contributed by atoms with E-state index in [1.54, 1.807) is 14.0 Å². The van der Waals surface area contributed by atoms with Crippen molar-refractivity contribution in [3.05, 3.63) is 0 Å². The number of hydrogen-bond donors (Lipinski definition) is 2. The molecule has 13 heteroatoms. The molecule has 0 atom stereocenters. The Labute approximate surface area is 193 Å². The molecular weight excluding hydrogens is 533 g/mol. The summed E-state index contributed by atoms with van der Waals surface area (Å²) in [5.41, 5.74) is 0. The van der Waals surface area contributed by atoms with Gasteiger partial charge in [-0.3, -0.25) is 4.99 Å². The van der Waals surface area contributed by atoms with Crippen LogP contribution in [-0.4, -0.2) is 103 Å². The van der Waals surface area contributed by atoms with E-state index in [4.69, 9.17) is 4.74 Å². The highest BCUT2D eigenvalue weighted by molar-refractivity contribution is 14.0. The number of aliphatic imine (C=N–C) groups is 1. The van der Waals surface area contributed by atoms with Crippen molar-refractivity contribution >= 4 is 50.0 Å². The fourth-order valence-corrected chi connectivity index (χ4v) is 4.59. The smallest absolute Gasteiger partial charge is 0.216 e. The number of nitrogens with one attached hydrogen (secondary N) is 2. The Morgan fingerprint density at radius 3 is 2.24 bits per heavy atom. The van der Waals surface area contributed by atoms with Crippen molar-refractivity contribution in [3.8, 4) is 0 Å². The average molecular weight is 570 g/mol. The summed E-state index contributed by atoms with van der Waals surface area (Å²) in [4.78, 5) is 6.24. The molecule has 1 saturated heterocycles. The molecule has 0 amide bonds. The standard InChI is InChI=1S/C16H35N5O5S2.HI/c1-5-27(22,23)19-8-6-7-18-16(17-4)20-9-11-21(12-10-20)28(24,25)14-13-26-15(2)3;/h15,19H,5-14H2,1-4H3,(H,17,18);1H. The minimum atomic E-state index is -3.32. The summed E-state index contributed by atoms with van der Waals surface area (Å²) in [6.45, 7) is 8.39. The van der Waals surface area contributed by atoms with Gasteiger partial charge in [-0.25, -0.2) is 21.6 Å². The van der Waals surface area contributed by atoms with Gasteiger partial charge < -0.3 is 15.0 Å². The van der Waals surface area contributed by atoms with E-state index >= 15 is 0 Å². The molecule has 1 fully saturated rings. The number of hydrogen-bond acceptors (Lipinski definition) is 6.